The first-order chi connectivity index (χ1) is 7.83. The first-order valence-electron chi connectivity index (χ1n) is 7.20. The van der Waals surface area contributed by atoms with Crippen LogP contribution in [-0.2, 0) is 9.78 Å². The van der Waals surface area contributed by atoms with Crippen LogP contribution in [0.2, 0.25) is 0 Å². The summed E-state index contributed by atoms with van der Waals surface area (Å²) in [7, 11) is 0. The minimum atomic E-state index is -0.303. The Labute approximate surface area is 114 Å². The first-order valence-corrected chi connectivity index (χ1v) is 7.20. The lowest BCUT2D eigenvalue weighted by Gasteiger charge is -2.45. The molecule has 2 nitrogen and oxygen atoms in total. The molecule has 0 aromatic heterocycles. The van der Waals surface area contributed by atoms with Crippen LogP contribution >= 0.6 is 0 Å². The molecule has 0 saturated carbocycles. The smallest absolute Gasteiger partial charge is 0.103 e. The molecule has 110 valence electrons. The normalized spacial score (nSPS) is 15.0. The lowest BCUT2D eigenvalue weighted by molar-refractivity contribution is -0.433. The van der Waals surface area contributed by atoms with Crippen molar-refractivity contribution in [2.75, 3.05) is 0 Å². The van der Waals surface area contributed by atoms with Gasteiger partial charge in [-0.15, -0.1) is 0 Å². The number of hydrogen-bond donors (Lipinski definition) is 0. The minimum absolute atomic E-state index is 0.0828. The van der Waals surface area contributed by atoms with Crippen LogP contribution in [0, 0.1) is 10.8 Å². The topological polar surface area (TPSA) is 18.5 Å². The molecule has 18 heavy (non-hydrogen) atoms. The highest BCUT2D eigenvalue weighted by molar-refractivity contribution is 4.88. The van der Waals surface area contributed by atoms with E-state index in [4.69, 9.17) is 9.78 Å². The predicted molar refractivity (Wildman–Crippen MR) is 78.5 cm³/mol. The van der Waals surface area contributed by atoms with Crippen molar-refractivity contribution in [3.8, 4) is 0 Å². The van der Waals surface area contributed by atoms with Crippen LogP contribution in [0.15, 0.2) is 0 Å². The van der Waals surface area contributed by atoms with Crippen LogP contribution in [0.1, 0.15) is 82.1 Å². The van der Waals surface area contributed by atoms with Crippen LogP contribution in [-0.4, -0.2) is 11.2 Å². The summed E-state index contributed by atoms with van der Waals surface area (Å²) in [6.45, 7) is 21.7. The molecule has 0 aliphatic rings. The zero-order valence-electron chi connectivity index (χ0n) is 14.2. The lowest BCUT2D eigenvalue weighted by atomic mass is 9.75. The Balaban J connectivity index is 4.77. The molecule has 2 heteroatoms. The highest BCUT2D eigenvalue weighted by Crippen LogP contribution is 2.41. The molecule has 0 bridgehead atoms. The van der Waals surface area contributed by atoms with Gasteiger partial charge in [0.25, 0.3) is 0 Å². The first kappa shape index (κ1) is 17.9. The fourth-order valence-electron chi connectivity index (χ4n) is 1.29. The molecular weight excluding hydrogens is 224 g/mol. The van der Waals surface area contributed by atoms with Gasteiger partial charge < -0.3 is 0 Å². The van der Waals surface area contributed by atoms with Crippen LogP contribution in [0.25, 0.3) is 0 Å². The molecule has 0 radical (unpaired) electrons. The quantitative estimate of drug-likeness (QED) is 0.452. The SMILES string of the molecule is CCC(C)(C)C(C)(C)OOC(C)(C)C(C)(C)CC. The van der Waals surface area contributed by atoms with Gasteiger partial charge in [0.15, 0.2) is 0 Å². The average Bonchev–Trinajstić information content (AvgIpc) is 2.26. The maximum atomic E-state index is 5.84. The van der Waals surface area contributed by atoms with Gasteiger partial charge in [0.05, 0.1) is 0 Å². The van der Waals surface area contributed by atoms with Gasteiger partial charge in [0, 0.05) is 0 Å². The molecule has 0 fully saturated rings. The summed E-state index contributed by atoms with van der Waals surface area (Å²) in [4.78, 5) is 11.7. The van der Waals surface area contributed by atoms with Gasteiger partial charge in [-0.3, -0.25) is 0 Å². The van der Waals surface area contributed by atoms with E-state index in [1.807, 2.05) is 0 Å². The van der Waals surface area contributed by atoms with E-state index >= 15 is 0 Å². The van der Waals surface area contributed by atoms with Crippen LogP contribution in [0.5, 0.6) is 0 Å². The van der Waals surface area contributed by atoms with Crippen molar-refractivity contribution in [3.63, 3.8) is 0 Å². The van der Waals surface area contributed by atoms with Crippen molar-refractivity contribution >= 4 is 0 Å². The average molecular weight is 258 g/mol. The van der Waals surface area contributed by atoms with E-state index in [2.05, 4.69) is 69.2 Å². The summed E-state index contributed by atoms with van der Waals surface area (Å²) >= 11 is 0. The Bertz CT molecular complexity index is 234. The monoisotopic (exact) mass is 258 g/mol. The molecule has 0 heterocycles. The van der Waals surface area contributed by atoms with Gasteiger partial charge in [0.1, 0.15) is 11.2 Å². The third-order valence-electron chi connectivity index (χ3n) is 5.49. The molecule has 0 saturated heterocycles. The molecule has 0 unspecified atom stereocenters. The largest absolute Gasteiger partial charge is 0.230 e. The zero-order valence-corrected chi connectivity index (χ0v) is 14.2. The summed E-state index contributed by atoms with van der Waals surface area (Å²) in [5.41, 5.74) is -0.440. The van der Waals surface area contributed by atoms with E-state index in [9.17, 15) is 0 Å². The summed E-state index contributed by atoms with van der Waals surface area (Å²) < 4.78 is 0. The van der Waals surface area contributed by atoms with E-state index in [0.29, 0.717) is 0 Å². The van der Waals surface area contributed by atoms with Gasteiger partial charge in [0.2, 0.25) is 0 Å². The fraction of sp³-hybridized carbons (Fsp3) is 1.00. The third-order valence-corrected chi connectivity index (χ3v) is 5.49. The van der Waals surface area contributed by atoms with Crippen molar-refractivity contribution in [1.29, 1.82) is 0 Å². The summed E-state index contributed by atoms with van der Waals surface area (Å²) in [5.74, 6) is 0. The number of hydrogen-bond acceptors (Lipinski definition) is 2. The minimum Gasteiger partial charge on any atom is -0.230 e. The molecule has 0 aromatic carbocycles. The molecule has 0 amide bonds. The van der Waals surface area contributed by atoms with Crippen LogP contribution < -0.4 is 0 Å². The maximum absolute atomic E-state index is 5.84. The van der Waals surface area contributed by atoms with E-state index in [0.717, 1.165) is 12.8 Å². The van der Waals surface area contributed by atoms with Crippen LogP contribution in [0.3, 0.4) is 0 Å². The van der Waals surface area contributed by atoms with Gasteiger partial charge in [-0.05, 0) is 51.4 Å². The summed E-state index contributed by atoms with van der Waals surface area (Å²) in [6, 6.07) is 0. The Morgan fingerprint density at radius 3 is 0.944 bits per heavy atom. The van der Waals surface area contributed by atoms with Crippen molar-refractivity contribution in [2.45, 2.75) is 93.3 Å². The Hall–Kier alpha value is -0.0800. The molecule has 0 N–H and O–H groups in total. The Kier molecular flexibility index (Phi) is 5.48. The molecule has 0 rings (SSSR count). The van der Waals surface area contributed by atoms with Gasteiger partial charge >= 0.3 is 0 Å². The second-order valence-corrected chi connectivity index (χ2v) is 7.66. The molecular formula is C16H34O2. The molecule has 0 aliphatic carbocycles. The lowest BCUT2D eigenvalue weighted by Crippen LogP contribution is -2.47. The van der Waals surface area contributed by atoms with E-state index in [1.165, 1.54) is 0 Å². The highest BCUT2D eigenvalue weighted by atomic mass is 17.2. The van der Waals surface area contributed by atoms with E-state index < -0.39 is 0 Å². The fourth-order valence-corrected chi connectivity index (χ4v) is 1.29. The van der Waals surface area contributed by atoms with Gasteiger partial charge in [-0.25, -0.2) is 9.78 Å². The van der Waals surface area contributed by atoms with Crippen LogP contribution in [0.4, 0.5) is 0 Å². The second kappa shape index (κ2) is 5.50. The van der Waals surface area contributed by atoms with Crippen molar-refractivity contribution < 1.29 is 9.78 Å². The van der Waals surface area contributed by atoms with E-state index in [1.54, 1.807) is 0 Å². The molecule has 0 atom stereocenters. The summed E-state index contributed by atoms with van der Waals surface area (Å²) in [6.07, 6.45) is 2.11. The molecule has 0 aromatic rings. The van der Waals surface area contributed by atoms with Crippen molar-refractivity contribution in [2.24, 2.45) is 10.8 Å². The van der Waals surface area contributed by atoms with Crippen molar-refractivity contribution in [1.82, 2.24) is 0 Å². The summed E-state index contributed by atoms with van der Waals surface area (Å²) in [5, 5.41) is 0. The molecule has 0 aliphatic heterocycles. The Morgan fingerprint density at radius 1 is 0.556 bits per heavy atom. The predicted octanol–water partition coefficient (Wildman–Crippen LogP) is 5.36. The van der Waals surface area contributed by atoms with Crippen molar-refractivity contribution in [3.05, 3.63) is 0 Å². The second-order valence-electron chi connectivity index (χ2n) is 7.66. The Morgan fingerprint density at radius 2 is 0.778 bits per heavy atom. The van der Waals surface area contributed by atoms with Gasteiger partial charge in [-0.1, -0.05) is 41.5 Å². The maximum Gasteiger partial charge on any atom is 0.103 e. The van der Waals surface area contributed by atoms with Gasteiger partial charge in [-0.2, -0.15) is 0 Å². The zero-order chi connectivity index (χ0) is 14.8. The standard InChI is InChI=1S/C16H34O2/c1-11-13(3,4)15(7,8)17-18-16(9,10)14(5,6)12-2/h11-12H2,1-10H3. The molecule has 0 spiro atoms. The third kappa shape index (κ3) is 3.71. The number of rotatable bonds is 7. The van der Waals surface area contributed by atoms with E-state index in [-0.39, 0.29) is 22.0 Å². The highest BCUT2D eigenvalue weighted by Gasteiger charge is 2.43.